The molecule has 1 heterocycles. The van der Waals surface area contributed by atoms with Crippen molar-refractivity contribution in [2.45, 2.75) is 12.2 Å². The van der Waals surface area contributed by atoms with Gasteiger partial charge in [0, 0.05) is 21.8 Å². The number of hydrogen-bond donors (Lipinski definition) is 2. The van der Waals surface area contributed by atoms with Crippen molar-refractivity contribution in [2.24, 2.45) is 0 Å². The number of hydrogen-bond acceptors (Lipinski definition) is 1. The van der Waals surface area contributed by atoms with E-state index in [1.54, 1.807) is 12.1 Å². The fourth-order valence-electron chi connectivity index (χ4n) is 2.56. The largest absolute Gasteiger partial charge is 0.407 e. The Balaban J connectivity index is 2.21. The normalized spacial score (nSPS) is 14.0. The molecule has 1 unspecified atom stereocenters. The van der Waals surface area contributed by atoms with E-state index in [0.29, 0.717) is 0 Å². The first kappa shape index (κ1) is 13.0. The summed E-state index contributed by atoms with van der Waals surface area (Å²) in [6.07, 6.45) is -4.31. The highest BCUT2D eigenvalue weighted by molar-refractivity contribution is 6.07. The van der Waals surface area contributed by atoms with Crippen LogP contribution in [0.3, 0.4) is 0 Å². The van der Waals surface area contributed by atoms with Gasteiger partial charge in [-0.1, -0.05) is 24.3 Å². The Kier molecular flexibility index (Phi) is 2.94. The Labute approximate surface area is 113 Å². The third-order valence-corrected chi connectivity index (χ3v) is 3.48. The van der Waals surface area contributed by atoms with Crippen LogP contribution in [0.25, 0.3) is 21.8 Å². The summed E-state index contributed by atoms with van der Waals surface area (Å²) < 4.78 is 38.9. The van der Waals surface area contributed by atoms with Crippen LogP contribution in [0.15, 0.2) is 42.5 Å². The average Bonchev–Trinajstić information content (AvgIpc) is 2.76. The maximum absolute atomic E-state index is 13.0. The van der Waals surface area contributed by atoms with Crippen molar-refractivity contribution >= 4 is 21.8 Å². The standard InChI is InChI=1S/C15H13F3N2/c1-19-14(15(16,17)18)9-6-7-13-11(8-9)10-4-2-3-5-12(10)20-13/h2-8,14,19-20H,1H3. The molecule has 2 N–H and O–H groups in total. The molecule has 0 radical (unpaired) electrons. The van der Waals surface area contributed by atoms with Gasteiger partial charge in [-0.05, 0) is 30.8 Å². The van der Waals surface area contributed by atoms with Gasteiger partial charge in [-0.3, -0.25) is 0 Å². The zero-order valence-corrected chi connectivity index (χ0v) is 10.8. The number of aromatic nitrogens is 1. The number of fused-ring (bicyclic) bond motifs is 3. The Morgan fingerprint density at radius 2 is 1.70 bits per heavy atom. The number of rotatable bonds is 2. The Hall–Kier alpha value is -2.01. The molecule has 0 saturated heterocycles. The van der Waals surface area contributed by atoms with Gasteiger partial charge in [-0.2, -0.15) is 13.2 Å². The van der Waals surface area contributed by atoms with Crippen LogP contribution in [0.5, 0.6) is 0 Å². The number of benzene rings is 2. The highest BCUT2D eigenvalue weighted by Gasteiger charge is 2.39. The molecule has 0 aliphatic rings. The van der Waals surface area contributed by atoms with Gasteiger partial charge in [-0.25, -0.2) is 0 Å². The van der Waals surface area contributed by atoms with E-state index in [-0.39, 0.29) is 5.56 Å². The quantitative estimate of drug-likeness (QED) is 0.724. The van der Waals surface area contributed by atoms with Crippen molar-refractivity contribution in [3.63, 3.8) is 0 Å². The Morgan fingerprint density at radius 1 is 1.00 bits per heavy atom. The van der Waals surface area contributed by atoms with Crippen LogP contribution in [0.1, 0.15) is 11.6 Å². The van der Waals surface area contributed by atoms with Gasteiger partial charge < -0.3 is 10.3 Å². The Morgan fingerprint density at radius 3 is 2.40 bits per heavy atom. The molecule has 0 bridgehead atoms. The predicted octanol–water partition coefficient (Wildman–Crippen LogP) is 4.14. The maximum atomic E-state index is 13.0. The van der Waals surface area contributed by atoms with Crippen LogP contribution in [0.4, 0.5) is 13.2 Å². The summed E-state index contributed by atoms with van der Waals surface area (Å²) in [7, 11) is 1.32. The first-order chi connectivity index (χ1) is 9.50. The third-order valence-electron chi connectivity index (χ3n) is 3.48. The third kappa shape index (κ3) is 2.04. The highest BCUT2D eigenvalue weighted by Crippen LogP contribution is 2.35. The number of aromatic amines is 1. The summed E-state index contributed by atoms with van der Waals surface area (Å²) >= 11 is 0. The fraction of sp³-hybridized carbons (Fsp3) is 0.200. The molecule has 20 heavy (non-hydrogen) atoms. The lowest BCUT2D eigenvalue weighted by Gasteiger charge is -2.20. The van der Waals surface area contributed by atoms with E-state index in [1.165, 1.54) is 13.1 Å². The first-order valence-electron chi connectivity index (χ1n) is 6.25. The molecule has 0 saturated carbocycles. The van der Waals surface area contributed by atoms with Crippen LogP contribution in [-0.2, 0) is 0 Å². The summed E-state index contributed by atoms with van der Waals surface area (Å²) in [6.45, 7) is 0. The molecule has 1 atom stereocenters. The lowest BCUT2D eigenvalue weighted by atomic mass is 10.0. The smallest absolute Gasteiger partial charge is 0.355 e. The summed E-state index contributed by atoms with van der Waals surface area (Å²) in [6, 6.07) is 10.7. The van der Waals surface area contributed by atoms with Crippen LogP contribution in [0.2, 0.25) is 0 Å². The summed E-state index contributed by atoms with van der Waals surface area (Å²) in [5.74, 6) is 0. The Bertz CT molecular complexity index is 758. The number of nitrogens with one attached hydrogen (secondary N) is 2. The molecular weight excluding hydrogens is 265 g/mol. The molecule has 0 aliphatic heterocycles. The van der Waals surface area contributed by atoms with Crippen molar-refractivity contribution in [3.8, 4) is 0 Å². The number of para-hydroxylation sites is 1. The van der Waals surface area contributed by atoms with Gasteiger partial charge in [0.15, 0.2) is 0 Å². The van der Waals surface area contributed by atoms with E-state index in [0.717, 1.165) is 21.8 Å². The van der Waals surface area contributed by atoms with Crippen molar-refractivity contribution < 1.29 is 13.2 Å². The average molecular weight is 278 g/mol. The van der Waals surface area contributed by atoms with Crippen LogP contribution in [0, 0.1) is 0 Å². The zero-order chi connectivity index (χ0) is 14.3. The van der Waals surface area contributed by atoms with Crippen molar-refractivity contribution in [1.29, 1.82) is 0 Å². The molecule has 3 rings (SSSR count). The summed E-state index contributed by atoms with van der Waals surface area (Å²) in [5, 5.41) is 4.07. The lowest BCUT2D eigenvalue weighted by molar-refractivity contribution is -0.156. The maximum Gasteiger partial charge on any atom is 0.407 e. The molecule has 0 aliphatic carbocycles. The topological polar surface area (TPSA) is 27.8 Å². The van der Waals surface area contributed by atoms with Gasteiger partial charge in [0.05, 0.1) is 0 Å². The minimum absolute atomic E-state index is 0.220. The van der Waals surface area contributed by atoms with Crippen molar-refractivity contribution in [2.75, 3.05) is 7.05 Å². The second-order valence-corrected chi connectivity index (χ2v) is 4.74. The van der Waals surface area contributed by atoms with E-state index in [4.69, 9.17) is 0 Å². The van der Waals surface area contributed by atoms with Gasteiger partial charge >= 0.3 is 6.18 Å². The van der Waals surface area contributed by atoms with E-state index < -0.39 is 12.2 Å². The van der Waals surface area contributed by atoms with E-state index in [9.17, 15) is 13.2 Å². The van der Waals surface area contributed by atoms with Gasteiger partial charge in [0.2, 0.25) is 0 Å². The predicted molar refractivity (Wildman–Crippen MR) is 73.7 cm³/mol. The molecule has 1 aromatic heterocycles. The molecule has 104 valence electrons. The second kappa shape index (κ2) is 4.52. The SMILES string of the molecule is CNC(c1ccc2[nH]c3ccccc3c2c1)C(F)(F)F. The molecule has 3 aromatic rings. The first-order valence-corrected chi connectivity index (χ1v) is 6.25. The molecular formula is C15H13F3N2. The summed E-state index contributed by atoms with van der Waals surface area (Å²) in [4.78, 5) is 3.20. The highest BCUT2D eigenvalue weighted by atomic mass is 19.4. The molecule has 2 nitrogen and oxygen atoms in total. The zero-order valence-electron chi connectivity index (χ0n) is 10.8. The van der Waals surface area contributed by atoms with E-state index in [2.05, 4.69) is 10.3 Å². The molecule has 5 heteroatoms. The molecule has 0 amide bonds. The van der Waals surface area contributed by atoms with Gasteiger partial charge in [0.1, 0.15) is 6.04 Å². The van der Waals surface area contributed by atoms with Gasteiger partial charge in [0.25, 0.3) is 0 Å². The molecule has 2 aromatic carbocycles. The minimum Gasteiger partial charge on any atom is -0.355 e. The number of alkyl halides is 3. The van der Waals surface area contributed by atoms with Crippen LogP contribution >= 0.6 is 0 Å². The summed E-state index contributed by atoms with van der Waals surface area (Å²) in [5.41, 5.74) is 1.98. The fourth-order valence-corrected chi connectivity index (χ4v) is 2.56. The number of halogens is 3. The van der Waals surface area contributed by atoms with Gasteiger partial charge in [-0.15, -0.1) is 0 Å². The second-order valence-electron chi connectivity index (χ2n) is 4.74. The van der Waals surface area contributed by atoms with E-state index >= 15 is 0 Å². The van der Waals surface area contributed by atoms with E-state index in [1.807, 2.05) is 24.3 Å². The van der Waals surface area contributed by atoms with Crippen LogP contribution < -0.4 is 5.32 Å². The molecule has 0 spiro atoms. The minimum atomic E-state index is -4.31. The van der Waals surface area contributed by atoms with Crippen molar-refractivity contribution in [3.05, 3.63) is 48.0 Å². The molecule has 0 fully saturated rings. The van der Waals surface area contributed by atoms with Crippen molar-refractivity contribution in [1.82, 2.24) is 10.3 Å². The monoisotopic (exact) mass is 278 g/mol. The number of H-pyrrole nitrogens is 1. The lowest BCUT2D eigenvalue weighted by Crippen LogP contribution is -2.31. The van der Waals surface area contributed by atoms with Crippen LogP contribution in [-0.4, -0.2) is 18.2 Å².